The van der Waals surface area contributed by atoms with E-state index >= 15 is 0 Å². The van der Waals surface area contributed by atoms with E-state index in [1.165, 1.54) is 6.08 Å². The zero-order valence-corrected chi connectivity index (χ0v) is 13.6. The summed E-state index contributed by atoms with van der Waals surface area (Å²) < 4.78 is 5.43. The molecule has 0 saturated carbocycles. The van der Waals surface area contributed by atoms with Crippen LogP contribution in [0.1, 0.15) is 34.1 Å². The van der Waals surface area contributed by atoms with Crippen LogP contribution in [0.2, 0.25) is 0 Å². The lowest BCUT2D eigenvalue weighted by Crippen LogP contribution is -2.32. The van der Waals surface area contributed by atoms with Gasteiger partial charge in [-0.3, -0.25) is 14.5 Å². The molecule has 120 valence electrons. The molecule has 0 radical (unpaired) electrons. The van der Waals surface area contributed by atoms with Crippen LogP contribution in [0, 0.1) is 5.92 Å². The molecule has 5 heteroatoms. The third-order valence-electron chi connectivity index (χ3n) is 3.18. The van der Waals surface area contributed by atoms with Crippen molar-refractivity contribution < 1.29 is 14.3 Å². The molecule has 0 aliphatic carbocycles. The molecule has 1 unspecified atom stereocenters. The second-order valence-corrected chi connectivity index (χ2v) is 5.28. The summed E-state index contributed by atoms with van der Waals surface area (Å²) in [4.78, 5) is 23.3. The molecule has 1 atom stereocenters. The van der Waals surface area contributed by atoms with E-state index in [4.69, 9.17) is 4.74 Å². The Balaban J connectivity index is 3.83. The first-order valence-electron chi connectivity index (χ1n) is 7.33. The molecule has 0 aliphatic heterocycles. The van der Waals surface area contributed by atoms with Crippen LogP contribution in [0.5, 0.6) is 0 Å². The first-order chi connectivity index (χ1) is 9.92. The molecule has 0 bridgehead atoms. The number of allylic oxidation sites excluding steroid dienone is 1. The van der Waals surface area contributed by atoms with Crippen LogP contribution in [-0.2, 0) is 14.3 Å². The Morgan fingerprint density at radius 3 is 2.52 bits per heavy atom. The number of nitrogens with one attached hydrogen (secondary N) is 1. The van der Waals surface area contributed by atoms with Gasteiger partial charge < -0.3 is 10.1 Å². The summed E-state index contributed by atoms with van der Waals surface area (Å²) >= 11 is 0. The zero-order valence-electron chi connectivity index (χ0n) is 13.6. The third-order valence-corrected chi connectivity index (χ3v) is 3.18. The summed E-state index contributed by atoms with van der Waals surface area (Å²) in [5.74, 6) is 0.217. The lowest BCUT2D eigenvalue weighted by molar-refractivity contribution is -0.135. The summed E-state index contributed by atoms with van der Waals surface area (Å²) in [7, 11) is 0. The maximum Gasteiger partial charge on any atom is 0.252 e. The summed E-state index contributed by atoms with van der Waals surface area (Å²) in [5.41, 5.74) is 0.938. The molecular formula is C16H28N2O3. The van der Waals surface area contributed by atoms with Crippen molar-refractivity contribution in [3.63, 3.8) is 0 Å². The van der Waals surface area contributed by atoms with E-state index in [2.05, 4.69) is 32.7 Å². The highest BCUT2D eigenvalue weighted by Gasteiger charge is 2.09. The molecule has 0 aromatic rings. The van der Waals surface area contributed by atoms with Crippen LogP contribution in [0.25, 0.3) is 0 Å². The smallest absolute Gasteiger partial charge is 0.252 e. The lowest BCUT2D eigenvalue weighted by atomic mass is 10.1. The second kappa shape index (κ2) is 11.1. The molecule has 0 rings (SSSR count). The van der Waals surface area contributed by atoms with Crippen molar-refractivity contribution >= 4 is 12.3 Å². The fourth-order valence-electron chi connectivity index (χ4n) is 1.47. The Labute approximate surface area is 128 Å². The Hall–Kier alpha value is -1.62. The molecule has 0 fully saturated rings. The van der Waals surface area contributed by atoms with Crippen molar-refractivity contribution in [3.05, 3.63) is 24.4 Å². The van der Waals surface area contributed by atoms with Crippen LogP contribution < -0.4 is 5.32 Å². The molecule has 21 heavy (non-hydrogen) atoms. The number of ether oxygens (including phenoxy) is 1. The van der Waals surface area contributed by atoms with Crippen molar-refractivity contribution in [3.8, 4) is 0 Å². The van der Waals surface area contributed by atoms with Gasteiger partial charge in [0.25, 0.3) is 5.91 Å². The summed E-state index contributed by atoms with van der Waals surface area (Å²) in [6, 6.07) is 0.376. The number of carbonyl (C=O) groups is 2. The quantitative estimate of drug-likeness (QED) is 0.360. The average Bonchev–Trinajstić information content (AvgIpc) is 2.42. The van der Waals surface area contributed by atoms with Crippen LogP contribution >= 0.6 is 0 Å². The number of amides is 2. The van der Waals surface area contributed by atoms with Gasteiger partial charge >= 0.3 is 0 Å². The summed E-state index contributed by atoms with van der Waals surface area (Å²) in [6.07, 6.45) is 4.19. The van der Waals surface area contributed by atoms with E-state index in [0.717, 1.165) is 10.6 Å². The van der Waals surface area contributed by atoms with Gasteiger partial charge in [-0.1, -0.05) is 26.5 Å². The van der Waals surface area contributed by atoms with E-state index in [1.54, 1.807) is 13.0 Å². The van der Waals surface area contributed by atoms with E-state index in [0.29, 0.717) is 38.0 Å². The highest BCUT2D eigenvalue weighted by molar-refractivity contribution is 5.94. The molecule has 2 amide bonds. The average molecular weight is 296 g/mol. The van der Waals surface area contributed by atoms with E-state index in [1.807, 2.05) is 0 Å². The van der Waals surface area contributed by atoms with Crippen molar-refractivity contribution in [2.24, 2.45) is 5.92 Å². The molecule has 0 saturated heterocycles. The van der Waals surface area contributed by atoms with Gasteiger partial charge in [0.05, 0.1) is 19.8 Å². The van der Waals surface area contributed by atoms with E-state index < -0.39 is 0 Å². The molecule has 0 aliphatic rings. The van der Waals surface area contributed by atoms with Gasteiger partial charge in [-0.15, -0.1) is 0 Å². The number of carbonyl (C=O) groups excluding carboxylic acids is 2. The van der Waals surface area contributed by atoms with Crippen molar-refractivity contribution in [2.75, 3.05) is 19.8 Å². The number of hydrogen-bond acceptors (Lipinski definition) is 4. The summed E-state index contributed by atoms with van der Waals surface area (Å²) in [6.45, 7) is 13.2. The first kappa shape index (κ1) is 19.4. The molecule has 5 nitrogen and oxygen atoms in total. The van der Waals surface area contributed by atoms with Gasteiger partial charge in [0, 0.05) is 18.2 Å². The maximum atomic E-state index is 11.5. The summed E-state index contributed by atoms with van der Waals surface area (Å²) in [5, 5.41) is 3.32. The Morgan fingerprint density at radius 1 is 1.33 bits per heavy atom. The van der Waals surface area contributed by atoms with E-state index in [9.17, 15) is 9.59 Å². The predicted molar refractivity (Wildman–Crippen MR) is 84.6 cm³/mol. The largest absolute Gasteiger partial charge is 0.386 e. The van der Waals surface area contributed by atoms with Gasteiger partial charge in [-0.2, -0.15) is 0 Å². The van der Waals surface area contributed by atoms with Crippen molar-refractivity contribution in [1.82, 2.24) is 10.2 Å². The molecule has 0 aromatic heterocycles. The molecule has 0 aromatic carbocycles. The van der Waals surface area contributed by atoms with Gasteiger partial charge in [-0.25, -0.2) is 0 Å². The maximum absolute atomic E-state index is 11.5. The predicted octanol–water partition coefficient (Wildman–Crippen LogP) is 2.10. The fraction of sp³-hybridized carbons (Fsp3) is 0.625. The van der Waals surface area contributed by atoms with Crippen molar-refractivity contribution in [1.29, 1.82) is 0 Å². The molecule has 0 spiro atoms. The number of rotatable bonds is 11. The van der Waals surface area contributed by atoms with Crippen LogP contribution in [0.3, 0.4) is 0 Å². The monoisotopic (exact) mass is 296 g/mol. The minimum atomic E-state index is -0.326. The van der Waals surface area contributed by atoms with Gasteiger partial charge in [0.2, 0.25) is 6.41 Å². The van der Waals surface area contributed by atoms with Crippen molar-refractivity contribution in [2.45, 2.75) is 40.2 Å². The van der Waals surface area contributed by atoms with Crippen LogP contribution in [-0.4, -0.2) is 43.0 Å². The minimum Gasteiger partial charge on any atom is -0.386 e. The van der Waals surface area contributed by atoms with E-state index in [-0.39, 0.29) is 12.5 Å². The van der Waals surface area contributed by atoms with Gasteiger partial charge in [-0.05, 0) is 25.8 Å². The lowest BCUT2D eigenvalue weighted by Gasteiger charge is -2.20. The van der Waals surface area contributed by atoms with Gasteiger partial charge in [0.15, 0.2) is 0 Å². The van der Waals surface area contributed by atoms with Crippen LogP contribution in [0.15, 0.2) is 24.4 Å². The second-order valence-electron chi connectivity index (χ2n) is 5.28. The highest BCUT2D eigenvalue weighted by atomic mass is 16.5. The Kier molecular flexibility index (Phi) is 10.2. The Morgan fingerprint density at radius 2 is 2.00 bits per heavy atom. The highest BCUT2D eigenvalue weighted by Crippen LogP contribution is 2.04. The fourth-order valence-corrected chi connectivity index (χ4v) is 1.47. The zero-order chi connectivity index (χ0) is 16.3. The number of nitrogens with zero attached hydrogens (tertiary/aromatic N) is 1. The first-order valence-corrected chi connectivity index (χ1v) is 7.33. The molecule has 1 N–H and O–H groups in total. The normalized spacial score (nSPS) is 12.4. The minimum absolute atomic E-state index is 0.259. The van der Waals surface area contributed by atoms with Crippen LogP contribution in [0.4, 0.5) is 0 Å². The van der Waals surface area contributed by atoms with Gasteiger partial charge in [0.1, 0.15) is 0 Å². The third kappa shape index (κ3) is 9.02. The topological polar surface area (TPSA) is 58.6 Å². The standard InChI is InChI=1S/C16H28N2O3/c1-6-7-16(20)18(12-19)9-11-21-10-8-14(4)17-15(5)13(2)3/h6-7,12-13,15,17H,4,8-11H2,1-3,5H3/b7-6-. The number of imide groups is 1. The Bertz CT molecular complexity index is 365. The number of hydrogen-bond donors (Lipinski definition) is 1. The SMILES string of the molecule is C=C(CCOCCN(C=O)C(=O)/C=C\C)NC(C)C(C)C. The molecular weight excluding hydrogens is 268 g/mol. The molecule has 0 heterocycles.